The number of aliphatic hydroxyl groups is 1. The van der Waals surface area contributed by atoms with Crippen LogP contribution in [-0.2, 0) is 0 Å². The van der Waals surface area contributed by atoms with Crippen LogP contribution in [0.25, 0.3) is 0 Å². The molecule has 0 saturated carbocycles. The van der Waals surface area contributed by atoms with Gasteiger partial charge in [0.2, 0.25) is 0 Å². The van der Waals surface area contributed by atoms with Gasteiger partial charge in [-0.05, 0) is 19.1 Å². The van der Waals surface area contributed by atoms with Crippen molar-refractivity contribution in [3.05, 3.63) is 24.3 Å². The van der Waals surface area contributed by atoms with Gasteiger partial charge in [-0.2, -0.15) is 0 Å². The van der Waals surface area contributed by atoms with Crippen LogP contribution in [0.15, 0.2) is 24.3 Å². The monoisotopic (exact) mass is 167 g/mol. The van der Waals surface area contributed by atoms with Gasteiger partial charge in [0.1, 0.15) is 5.75 Å². The van der Waals surface area contributed by atoms with E-state index in [1.807, 2.05) is 6.07 Å². The van der Waals surface area contributed by atoms with E-state index in [1.165, 1.54) is 0 Å². The van der Waals surface area contributed by atoms with Crippen molar-refractivity contribution >= 4 is 5.69 Å². The normalized spacial score (nSPS) is 12.5. The summed E-state index contributed by atoms with van der Waals surface area (Å²) in [7, 11) is 0. The van der Waals surface area contributed by atoms with Crippen molar-refractivity contribution in [2.45, 2.75) is 13.0 Å². The Morgan fingerprint density at radius 2 is 2.08 bits per heavy atom. The molecule has 0 aliphatic heterocycles. The highest BCUT2D eigenvalue weighted by Crippen LogP contribution is 2.20. The zero-order valence-electron chi connectivity index (χ0n) is 6.99. The van der Waals surface area contributed by atoms with Crippen molar-refractivity contribution in [3.63, 3.8) is 0 Å². The molecule has 1 rings (SSSR count). The molecule has 0 bridgehead atoms. The predicted molar refractivity (Wildman–Crippen MR) is 48.3 cm³/mol. The summed E-state index contributed by atoms with van der Waals surface area (Å²) in [4.78, 5) is 0. The lowest BCUT2D eigenvalue weighted by atomic mass is 10.3. The number of phenolic OH excluding ortho intramolecular Hbond substituents is 1. The van der Waals surface area contributed by atoms with E-state index in [0.717, 1.165) is 0 Å². The van der Waals surface area contributed by atoms with E-state index in [1.54, 1.807) is 25.1 Å². The molecule has 1 aromatic carbocycles. The minimum Gasteiger partial charge on any atom is -0.506 e. The number of nitrogens with one attached hydrogen (secondary N) is 1. The van der Waals surface area contributed by atoms with Gasteiger partial charge in [0, 0.05) is 6.54 Å². The molecule has 0 amide bonds. The first-order chi connectivity index (χ1) is 5.70. The van der Waals surface area contributed by atoms with E-state index in [0.29, 0.717) is 12.2 Å². The lowest BCUT2D eigenvalue weighted by Gasteiger charge is -2.09. The van der Waals surface area contributed by atoms with Crippen LogP contribution in [0.2, 0.25) is 0 Å². The fraction of sp³-hybridized carbons (Fsp3) is 0.333. The third-order valence-electron chi connectivity index (χ3n) is 1.49. The fourth-order valence-corrected chi connectivity index (χ4v) is 0.881. The molecular weight excluding hydrogens is 154 g/mol. The van der Waals surface area contributed by atoms with E-state index >= 15 is 0 Å². The lowest BCUT2D eigenvalue weighted by molar-refractivity contribution is 0.208. The molecule has 1 atom stereocenters. The second kappa shape index (κ2) is 3.97. The van der Waals surface area contributed by atoms with Crippen LogP contribution < -0.4 is 5.32 Å². The first kappa shape index (κ1) is 8.87. The molecule has 0 saturated heterocycles. The number of anilines is 1. The molecule has 0 fully saturated rings. The first-order valence-corrected chi connectivity index (χ1v) is 3.90. The molecule has 0 radical (unpaired) electrons. The number of aliphatic hydroxyl groups excluding tert-OH is 1. The van der Waals surface area contributed by atoms with Crippen LogP contribution in [-0.4, -0.2) is 22.9 Å². The van der Waals surface area contributed by atoms with Crippen LogP contribution in [0.1, 0.15) is 6.92 Å². The van der Waals surface area contributed by atoms with Gasteiger partial charge in [-0.25, -0.2) is 0 Å². The maximum Gasteiger partial charge on any atom is 0.138 e. The average molecular weight is 167 g/mol. The van der Waals surface area contributed by atoms with Crippen LogP contribution in [0.3, 0.4) is 0 Å². The van der Waals surface area contributed by atoms with Gasteiger partial charge in [-0.1, -0.05) is 12.1 Å². The first-order valence-electron chi connectivity index (χ1n) is 3.90. The Bertz CT molecular complexity index is 248. The van der Waals surface area contributed by atoms with Gasteiger partial charge in [0.05, 0.1) is 11.8 Å². The molecule has 1 unspecified atom stereocenters. The third-order valence-corrected chi connectivity index (χ3v) is 1.49. The van der Waals surface area contributed by atoms with E-state index in [-0.39, 0.29) is 5.75 Å². The minimum atomic E-state index is -0.412. The molecule has 3 nitrogen and oxygen atoms in total. The number of hydrogen-bond donors (Lipinski definition) is 3. The highest BCUT2D eigenvalue weighted by atomic mass is 16.3. The Kier molecular flexibility index (Phi) is 2.94. The summed E-state index contributed by atoms with van der Waals surface area (Å²) in [6, 6.07) is 6.94. The Morgan fingerprint density at radius 3 is 2.67 bits per heavy atom. The van der Waals surface area contributed by atoms with Gasteiger partial charge >= 0.3 is 0 Å². The van der Waals surface area contributed by atoms with E-state index in [2.05, 4.69) is 5.32 Å². The smallest absolute Gasteiger partial charge is 0.138 e. The maximum atomic E-state index is 9.28. The van der Waals surface area contributed by atoms with Crippen molar-refractivity contribution in [2.24, 2.45) is 0 Å². The third kappa shape index (κ3) is 2.43. The van der Waals surface area contributed by atoms with Crippen LogP contribution in [0.4, 0.5) is 5.69 Å². The van der Waals surface area contributed by atoms with Crippen molar-refractivity contribution in [2.75, 3.05) is 11.9 Å². The summed E-state index contributed by atoms with van der Waals surface area (Å²) < 4.78 is 0. The summed E-state index contributed by atoms with van der Waals surface area (Å²) in [6.07, 6.45) is -0.412. The van der Waals surface area contributed by atoms with Crippen LogP contribution in [0, 0.1) is 0 Å². The van der Waals surface area contributed by atoms with Gasteiger partial charge in [-0.3, -0.25) is 0 Å². The van der Waals surface area contributed by atoms with Crippen molar-refractivity contribution in [3.8, 4) is 5.75 Å². The quantitative estimate of drug-likeness (QED) is 0.592. The Labute approximate surface area is 71.7 Å². The van der Waals surface area contributed by atoms with Gasteiger partial charge < -0.3 is 15.5 Å². The standard InChI is InChI=1S/C9H13NO2/c1-7(11)6-10-8-4-2-3-5-9(8)12/h2-5,7,10-12H,6H2,1H3. The molecule has 66 valence electrons. The summed E-state index contributed by atoms with van der Waals surface area (Å²) >= 11 is 0. The number of aromatic hydroxyl groups is 1. The number of rotatable bonds is 3. The van der Waals surface area contributed by atoms with Gasteiger partial charge in [0.15, 0.2) is 0 Å². The summed E-state index contributed by atoms with van der Waals surface area (Å²) in [5.74, 6) is 0.207. The van der Waals surface area contributed by atoms with Crippen molar-refractivity contribution < 1.29 is 10.2 Å². The highest BCUT2D eigenvalue weighted by Gasteiger charge is 1.99. The van der Waals surface area contributed by atoms with Crippen molar-refractivity contribution in [1.29, 1.82) is 0 Å². The second-order valence-electron chi connectivity index (χ2n) is 2.75. The topological polar surface area (TPSA) is 52.5 Å². The number of para-hydroxylation sites is 2. The predicted octanol–water partition coefficient (Wildman–Crippen LogP) is 1.18. The van der Waals surface area contributed by atoms with Gasteiger partial charge in [0.25, 0.3) is 0 Å². The summed E-state index contributed by atoms with van der Waals surface area (Å²) in [5.41, 5.74) is 0.651. The minimum absolute atomic E-state index is 0.207. The molecule has 0 aliphatic rings. The largest absolute Gasteiger partial charge is 0.506 e. The zero-order valence-corrected chi connectivity index (χ0v) is 6.99. The number of hydrogen-bond acceptors (Lipinski definition) is 3. The highest BCUT2D eigenvalue weighted by molar-refractivity contribution is 5.55. The summed E-state index contributed by atoms with van der Waals surface area (Å²) in [6.45, 7) is 2.13. The van der Waals surface area contributed by atoms with Crippen molar-refractivity contribution in [1.82, 2.24) is 0 Å². The maximum absolute atomic E-state index is 9.28. The lowest BCUT2D eigenvalue weighted by Crippen LogP contribution is -2.15. The molecule has 0 aromatic heterocycles. The van der Waals surface area contributed by atoms with E-state index in [9.17, 15) is 5.11 Å². The second-order valence-corrected chi connectivity index (χ2v) is 2.75. The Morgan fingerprint density at radius 1 is 1.42 bits per heavy atom. The molecule has 3 heteroatoms. The van der Waals surface area contributed by atoms with E-state index < -0.39 is 6.10 Å². The molecule has 0 spiro atoms. The number of benzene rings is 1. The fourth-order valence-electron chi connectivity index (χ4n) is 0.881. The molecule has 3 N–H and O–H groups in total. The van der Waals surface area contributed by atoms with E-state index in [4.69, 9.17) is 5.11 Å². The average Bonchev–Trinajstić information content (AvgIpc) is 2.03. The van der Waals surface area contributed by atoms with Crippen LogP contribution >= 0.6 is 0 Å². The molecule has 12 heavy (non-hydrogen) atoms. The molecule has 0 heterocycles. The van der Waals surface area contributed by atoms with Crippen LogP contribution in [0.5, 0.6) is 5.75 Å². The Balaban J connectivity index is 2.57. The van der Waals surface area contributed by atoms with Gasteiger partial charge in [-0.15, -0.1) is 0 Å². The summed E-state index contributed by atoms with van der Waals surface area (Å²) in [5, 5.41) is 21.2. The number of phenols is 1. The zero-order chi connectivity index (χ0) is 8.97. The SMILES string of the molecule is CC(O)CNc1ccccc1O. The molecule has 1 aromatic rings. The Hall–Kier alpha value is -1.22. The molecular formula is C9H13NO2. The molecule has 0 aliphatic carbocycles.